The molecule has 5 nitrogen and oxygen atoms in total. The van der Waals surface area contributed by atoms with Gasteiger partial charge in [-0.05, 0) is 99.1 Å². The Labute approximate surface area is 367 Å². The predicted molar refractivity (Wildman–Crippen MR) is 263 cm³/mol. The molecule has 3 aromatic heterocycles. The van der Waals surface area contributed by atoms with Gasteiger partial charge < -0.3 is 13.3 Å². The SMILES string of the molecule is C1=C(c2ccc(-c3ccc4oc5ccccc5c4c3)cc2)N=C(c2ccc(-c3ccc4oc5ccccc5c4c3)cc2)N=C(c2ccc(-c3ccc4oc5ccccc5c4c3)cc2)C1. The van der Waals surface area contributed by atoms with Crippen LogP contribution in [0.25, 0.3) is 105 Å². The molecular formula is C59H36N2O3. The van der Waals surface area contributed by atoms with Crippen LogP contribution in [0.15, 0.2) is 230 Å². The molecule has 0 bridgehead atoms. The van der Waals surface area contributed by atoms with Crippen LogP contribution in [0, 0.1) is 0 Å². The highest BCUT2D eigenvalue weighted by Crippen LogP contribution is 2.36. The van der Waals surface area contributed by atoms with Crippen molar-refractivity contribution < 1.29 is 13.3 Å². The van der Waals surface area contributed by atoms with Gasteiger partial charge in [0, 0.05) is 44.3 Å². The Morgan fingerprint density at radius 2 is 0.625 bits per heavy atom. The van der Waals surface area contributed by atoms with Crippen molar-refractivity contribution in [3.8, 4) is 33.4 Å². The highest BCUT2D eigenvalue weighted by Gasteiger charge is 2.17. The Morgan fingerprint density at radius 3 is 1.06 bits per heavy atom. The maximum absolute atomic E-state index is 6.11. The van der Waals surface area contributed by atoms with Crippen molar-refractivity contribution in [1.82, 2.24) is 0 Å². The molecular weight excluding hydrogens is 785 g/mol. The second-order valence-electron chi connectivity index (χ2n) is 16.4. The largest absolute Gasteiger partial charge is 0.456 e. The maximum Gasteiger partial charge on any atom is 0.160 e. The number of allylic oxidation sites excluding steroid dienone is 1. The molecule has 13 rings (SSSR count). The van der Waals surface area contributed by atoms with Crippen LogP contribution in [-0.4, -0.2) is 11.5 Å². The molecule has 0 saturated heterocycles. The zero-order chi connectivity index (χ0) is 42.1. The summed E-state index contributed by atoms with van der Waals surface area (Å²) in [5.41, 5.74) is 17.0. The van der Waals surface area contributed by atoms with Gasteiger partial charge in [-0.15, -0.1) is 0 Å². The minimum absolute atomic E-state index is 0.622. The molecule has 0 saturated carbocycles. The Kier molecular flexibility index (Phi) is 8.21. The van der Waals surface area contributed by atoms with Gasteiger partial charge in [0.1, 0.15) is 33.5 Å². The summed E-state index contributed by atoms with van der Waals surface area (Å²) in [4.78, 5) is 10.6. The van der Waals surface area contributed by atoms with Crippen molar-refractivity contribution in [2.24, 2.45) is 9.98 Å². The first-order chi connectivity index (χ1) is 31.6. The molecule has 0 N–H and O–H groups in total. The van der Waals surface area contributed by atoms with E-state index in [1.165, 1.54) is 0 Å². The Balaban J connectivity index is 0.852. The van der Waals surface area contributed by atoms with Crippen LogP contribution in [0.5, 0.6) is 0 Å². The van der Waals surface area contributed by atoms with E-state index in [1.807, 2.05) is 36.4 Å². The average Bonchev–Trinajstić information content (AvgIpc) is 3.99. The Bertz CT molecular complexity index is 3900. The molecule has 1 aliphatic heterocycles. The normalized spacial score (nSPS) is 13.2. The number of furan rings is 3. The minimum atomic E-state index is 0.622. The van der Waals surface area contributed by atoms with Crippen LogP contribution in [0.1, 0.15) is 23.1 Å². The molecule has 64 heavy (non-hydrogen) atoms. The quantitative estimate of drug-likeness (QED) is 0.168. The summed E-state index contributed by atoms with van der Waals surface area (Å²) in [7, 11) is 0. The summed E-state index contributed by atoms with van der Waals surface area (Å²) >= 11 is 0. The number of rotatable bonds is 6. The van der Waals surface area contributed by atoms with Gasteiger partial charge in [-0.1, -0.05) is 152 Å². The highest BCUT2D eigenvalue weighted by atomic mass is 16.3. The first kappa shape index (κ1) is 36.1. The third-order valence-corrected chi connectivity index (χ3v) is 12.6. The molecule has 0 unspecified atom stereocenters. The number of amidine groups is 1. The third kappa shape index (κ3) is 6.17. The summed E-state index contributed by atoms with van der Waals surface area (Å²) < 4.78 is 18.3. The first-order valence-corrected chi connectivity index (χ1v) is 21.6. The molecule has 0 aliphatic carbocycles. The molecule has 0 spiro atoms. The highest BCUT2D eigenvalue weighted by molar-refractivity contribution is 6.16. The molecule has 0 fully saturated rings. The molecule has 0 amide bonds. The van der Waals surface area contributed by atoms with Crippen molar-refractivity contribution in [2.75, 3.05) is 0 Å². The van der Waals surface area contributed by atoms with Gasteiger partial charge in [-0.25, -0.2) is 9.98 Å². The topological polar surface area (TPSA) is 64.1 Å². The molecule has 300 valence electrons. The lowest BCUT2D eigenvalue weighted by molar-refractivity contribution is 0.668. The van der Waals surface area contributed by atoms with E-state index in [4.69, 9.17) is 23.2 Å². The summed E-state index contributed by atoms with van der Waals surface area (Å²) in [6.07, 6.45) is 2.83. The number of hydrogen-bond acceptors (Lipinski definition) is 5. The molecule has 9 aromatic carbocycles. The predicted octanol–water partition coefficient (Wildman–Crippen LogP) is 16.1. The van der Waals surface area contributed by atoms with Crippen molar-refractivity contribution >= 4 is 83.1 Å². The molecule has 1 aliphatic rings. The summed E-state index contributed by atoms with van der Waals surface area (Å²) in [5.74, 6) is 0.671. The lowest BCUT2D eigenvalue weighted by atomic mass is 9.98. The van der Waals surface area contributed by atoms with E-state index in [9.17, 15) is 0 Å². The number of nitrogens with zero attached hydrogens (tertiary/aromatic N) is 2. The molecule has 0 atom stereocenters. The molecule has 4 heterocycles. The Hall–Kier alpha value is -8.54. The maximum atomic E-state index is 6.11. The van der Waals surface area contributed by atoms with E-state index in [-0.39, 0.29) is 0 Å². The van der Waals surface area contributed by atoms with Gasteiger partial charge in [0.15, 0.2) is 5.84 Å². The standard InChI is InChI=1S/C59H36N2O3/c1-4-10-53-45(7-1)48-33-42(25-30-56(48)62-53)36-13-19-39(20-14-36)51-28-29-52(40-21-15-37(16-22-40)43-26-31-57-49(34-43)46-8-2-5-11-54(46)63-57)61-59(60-51)41-23-17-38(18-24-41)44-27-32-58-50(35-44)47-9-3-6-12-55(47)64-58/h1-28,30-35H,29H2. The average molecular weight is 821 g/mol. The number of benzene rings is 9. The van der Waals surface area contributed by atoms with E-state index in [1.54, 1.807) is 0 Å². The fourth-order valence-corrected chi connectivity index (χ4v) is 9.26. The fraction of sp³-hybridized carbons (Fsp3) is 0.0169. The molecule has 0 radical (unpaired) electrons. The smallest absolute Gasteiger partial charge is 0.160 e. The summed E-state index contributed by atoms with van der Waals surface area (Å²) in [6, 6.07) is 69.8. The van der Waals surface area contributed by atoms with Gasteiger partial charge in [0.05, 0.1) is 11.4 Å². The lowest BCUT2D eigenvalue weighted by Crippen LogP contribution is -2.05. The number of aliphatic imine (C=N–C) groups is 2. The van der Waals surface area contributed by atoms with Crippen molar-refractivity contribution in [3.63, 3.8) is 0 Å². The van der Waals surface area contributed by atoms with Crippen molar-refractivity contribution in [1.29, 1.82) is 0 Å². The number of para-hydroxylation sites is 3. The van der Waals surface area contributed by atoms with Crippen LogP contribution < -0.4 is 0 Å². The second kappa shape index (κ2) is 14.5. The van der Waals surface area contributed by atoms with Gasteiger partial charge in [-0.3, -0.25) is 0 Å². The zero-order valence-corrected chi connectivity index (χ0v) is 34.5. The second-order valence-corrected chi connectivity index (χ2v) is 16.4. The van der Waals surface area contributed by atoms with Gasteiger partial charge in [0.2, 0.25) is 0 Å². The van der Waals surface area contributed by atoms with Crippen LogP contribution in [0.4, 0.5) is 0 Å². The van der Waals surface area contributed by atoms with Crippen LogP contribution in [0.3, 0.4) is 0 Å². The summed E-state index contributed by atoms with van der Waals surface area (Å²) in [5, 5.41) is 6.70. The molecule has 12 aromatic rings. The summed E-state index contributed by atoms with van der Waals surface area (Å²) in [6.45, 7) is 0. The monoisotopic (exact) mass is 820 g/mol. The lowest BCUT2D eigenvalue weighted by Gasteiger charge is -2.09. The van der Waals surface area contributed by atoms with E-state index >= 15 is 0 Å². The Morgan fingerprint density at radius 1 is 0.281 bits per heavy atom. The van der Waals surface area contributed by atoms with E-state index < -0.39 is 0 Å². The zero-order valence-electron chi connectivity index (χ0n) is 34.5. The third-order valence-electron chi connectivity index (χ3n) is 12.6. The van der Waals surface area contributed by atoms with Crippen LogP contribution in [-0.2, 0) is 0 Å². The minimum Gasteiger partial charge on any atom is -0.456 e. The number of fused-ring (bicyclic) bond motifs is 9. The van der Waals surface area contributed by atoms with Gasteiger partial charge in [-0.2, -0.15) is 0 Å². The first-order valence-electron chi connectivity index (χ1n) is 21.6. The van der Waals surface area contributed by atoms with E-state index in [0.29, 0.717) is 12.3 Å². The van der Waals surface area contributed by atoms with Gasteiger partial charge in [0.25, 0.3) is 0 Å². The fourth-order valence-electron chi connectivity index (χ4n) is 9.26. The van der Waals surface area contributed by atoms with Crippen LogP contribution in [0.2, 0.25) is 0 Å². The number of hydrogen-bond donors (Lipinski definition) is 0. The van der Waals surface area contributed by atoms with Crippen molar-refractivity contribution in [3.05, 3.63) is 223 Å². The van der Waals surface area contributed by atoms with Gasteiger partial charge >= 0.3 is 0 Å². The molecule has 5 heteroatoms. The van der Waals surface area contributed by atoms with Crippen molar-refractivity contribution in [2.45, 2.75) is 6.42 Å². The van der Waals surface area contributed by atoms with Crippen LogP contribution >= 0.6 is 0 Å². The van der Waals surface area contributed by atoms with E-state index in [2.05, 4.69) is 170 Å². The van der Waals surface area contributed by atoms with E-state index in [0.717, 1.165) is 127 Å².